The highest BCUT2D eigenvalue weighted by Crippen LogP contribution is 2.35. The van der Waals surface area contributed by atoms with E-state index in [0.717, 1.165) is 5.52 Å². The number of fused-ring (bicyclic) bond motifs is 1. The van der Waals surface area contributed by atoms with Crippen LogP contribution in [0.5, 0.6) is 28.9 Å². The molecule has 0 unspecified atom stereocenters. The van der Waals surface area contributed by atoms with Crippen LogP contribution in [0.15, 0.2) is 54.7 Å². The number of rotatable bonds is 9. The SMILES string of the molecule is COc1cc(Oc2cc(OC(C)C)c3nc(COc4cccc(C(=O)O)c4)n(C)c3c2)ccn1. The van der Waals surface area contributed by atoms with Crippen LogP contribution in [0.4, 0.5) is 0 Å². The van der Waals surface area contributed by atoms with Crippen LogP contribution in [0.2, 0.25) is 0 Å². The van der Waals surface area contributed by atoms with Gasteiger partial charge >= 0.3 is 5.97 Å². The van der Waals surface area contributed by atoms with E-state index in [1.165, 1.54) is 12.1 Å². The number of benzene rings is 2. The molecule has 34 heavy (non-hydrogen) atoms. The van der Waals surface area contributed by atoms with Crippen LogP contribution in [0.25, 0.3) is 11.0 Å². The molecule has 0 atom stereocenters. The zero-order valence-corrected chi connectivity index (χ0v) is 19.3. The van der Waals surface area contributed by atoms with Gasteiger partial charge in [-0.25, -0.2) is 14.8 Å². The van der Waals surface area contributed by atoms with E-state index in [1.807, 2.05) is 31.5 Å². The first-order valence-corrected chi connectivity index (χ1v) is 10.6. The number of carbonyl (C=O) groups is 1. The van der Waals surface area contributed by atoms with E-state index in [4.69, 9.17) is 23.9 Å². The highest BCUT2D eigenvalue weighted by atomic mass is 16.5. The van der Waals surface area contributed by atoms with E-state index in [0.29, 0.717) is 40.2 Å². The summed E-state index contributed by atoms with van der Waals surface area (Å²) in [7, 11) is 3.42. The molecule has 176 valence electrons. The normalized spacial score (nSPS) is 11.0. The highest BCUT2D eigenvalue weighted by molar-refractivity contribution is 5.88. The molecule has 2 heterocycles. The summed E-state index contributed by atoms with van der Waals surface area (Å²) < 4.78 is 25.0. The molecule has 0 bridgehead atoms. The smallest absolute Gasteiger partial charge is 0.335 e. The first-order chi connectivity index (χ1) is 16.3. The summed E-state index contributed by atoms with van der Waals surface area (Å²) in [6.07, 6.45) is 1.54. The molecule has 9 heteroatoms. The molecule has 1 N–H and O–H groups in total. The Hall–Kier alpha value is -4.27. The number of aryl methyl sites for hydroxylation is 1. The van der Waals surface area contributed by atoms with Crippen LogP contribution >= 0.6 is 0 Å². The fourth-order valence-corrected chi connectivity index (χ4v) is 3.38. The van der Waals surface area contributed by atoms with E-state index < -0.39 is 5.97 Å². The molecule has 0 fully saturated rings. The van der Waals surface area contributed by atoms with Crippen LogP contribution in [0.1, 0.15) is 30.0 Å². The predicted octanol–water partition coefficient (Wildman–Crippen LogP) is 4.83. The molecule has 0 radical (unpaired) electrons. The summed E-state index contributed by atoms with van der Waals surface area (Å²) in [5.41, 5.74) is 1.63. The number of methoxy groups -OCH3 is 1. The monoisotopic (exact) mass is 463 g/mol. The van der Waals surface area contributed by atoms with Crippen molar-refractivity contribution in [1.29, 1.82) is 0 Å². The molecule has 0 spiro atoms. The Morgan fingerprint density at radius 3 is 2.65 bits per heavy atom. The first-order valence-electron chi connectivity index (χ1n) is 10.6. The molecule has 4 aromatic rings. The van der Waals surface area contributed by atoms with Gasteiger partial charge < -0.3 is 28.6 Å². The molecule has 0 aliphatic heterocycles. The molecule has 9 nitrogen and oxygen atoms in total. The molecule has 0 saturated heterocycles. The number of hydrogen-bond acceptors (Lipinski definition) is 7. The van der Waals surface area contributed by atoms with Crippen LogP contribution in [-0.4, -0.2) is 38.8 Å². The third-order valence-corrected chi connectivity index (χ3v) is 4.98. The summed E-state index contributed by atoms with van der Waals surface area (Å²) in [6, 6.07) is 13.4. The number of carboxylic acids is 1. The predicted molar refractivity (Wildman–Crippen MR) is 125 cm³/mol. The lowest BCUT2D eigenvalue weighted by atomic mass is 10.2. The number of imidazole rings is 1. The summed E-state index contributed by atoms with van der Waals surface area (Å²) in [5.74, 6) is 2.26. The number of hydrogen-bond donors (Lipinski definition) is 1. The van der Waals surface area contributed by atoms with E-state index >= 15 is 0 Å². The van der Waals surface area contributed by atoms with Crippen LogP contribution in [-0.2, 0) is 13.7 Å². The Morgan fingerprint density at radius 2 is 1.91 bits per heavy atom. The number of ether oxygens (including phenoxy) is 4. The van der Waals surface area contributed by atoms with Crippen molar-refractivity contribution >= 4 is 17.0 Å². The van der Waals surface area contributed by atoms with E-state index in [-0.39, 0.29) is 18.3 Å². The topological polar surface area (TPSA) is 105 Å². The Balaban J connectivity index is 1.66. The summed E-state index contributed by atoms with van der Waals surface area (Å²) in [5, 5.41) is 9.19. The Labute approximate surface area is 196 Å². The molecule has 0 saturated carbocycles. The standard InChI is InChI=1S/C25H25N3O6/c1-15(2)33-21-12-19(34-18-8-9-26-23(13-18)31-4)11-20-24(21)27-22(28(20)3)14-32-17-7-5-6-16(10-17)25(29)30/h5-13,15H,14H2,1-4H3,(H,29,30). The molecular weight excluding hydrogens is 438 g/mol. The number of aromatic carboxylic acids is 1. The minimum Gasteiger partial charge on any atom is -0.489 e. The van der Waals surface area contributed by atoms with Crippen molar-refractivity contribution in [3.8, 4) is 28.9 Å². The van der Waals surface area contributed by atoms with Gasteiger partial charge in [-0.15, -0.1) is 0 Å². The number of carboxylic acid groups (broad SMARTS) is 1. The lowest BCUT2D eigenvalue weighted by molar-refractivity contribution is 0.0696. The minimum absolute atomic E-state index is 0.0695. The van der Waals surface area contributed by atoms with Crippen molar-refractivity contribution < 1.29 is 28.8 Å². The highest BCUT2D eigenvalue weighted by Gasteiger charge is 2.17. The zero-order valence-electron chi connectivity index (χ0n) is 19.3. The molecule has 2 aromatic carbocycles. The van der Waals surface area contributed by atoms with Crippen molar-refractivity contribution in [3.63, 3.8) is 0 Å². The number of nitrogens with zero attached hydrogens (tertiary/aromatic N) is 3. The van der Waals surface area contributed by atoms with E-state index in [1.54, 1.807) is 43.6 Å². The van der Waals surface area contributed by atoms with Crippen molar-refractivity contribution in [2.24, 2.45) is 7.05 Å². The third-order valence-electron chi connectivity index (χ3n) is 4.98. The number of aromatic nitrogens is 3. The van der Waals surface area contributed by atoms with Crippen molar-refractivity contribution in [3.05, 3.63) is 66.1 Å². The van der Waals surface area contributed by atoms with Gasteiger partial charge in [-0.3, -0.25) is 0 Å². The molecule has 4 rings (SSSR count). The molecular formula is C25H25N3O6. The van der Waals surface area contributed by atoms with Crippen molar-refractivity contribution in [1.82, 2.24) is 14.5 Å². The summed E-state index contributed by atoms with van der Waals surface area (Å²) in [4.78, 5) is 20.0. The number of pyridine rings is 1. The van der Waals surface area contributed by atoms with Crippen LogP contribution in [0.3, 0.4) is 0 Å². The van der Waals surface area contributed by atoms with Crippen LogP contribution < -0.4 is 18.9 Å². The van der Waals surface area contributed by atoms with Crippen LogP contribution in [0, 0.1) is 0 Å². The molecule has 0 aliphatic carbocycles. The quantitative estimate of drug-likeness (QED) is 0.376. The van der Waals surface area contributed by atoms with Crippen molar-refractivity contribution in [2.45, 2.75) is 26.6 Å². The Bertz CT molecular complexity index is 1330. The maximum Gasteiger partial charge on any atom is 0.335 e. The average Bonchev–Trinajstić information content (AvgIpc) is 3.13. The van der Waals surface area contributed by atoms with Gasteiger partial charge in [-0.2, -0.15) is 0 Å². The fraction of sp³-hybridized carbons (Fsp3) is 0.240. The van der Waals surface area contributed by atoms with Gasteiger partial charge in [-0.05, 0) is 38.1 Å². The first kappa shape index (κ1) is 22.9. The van der Waals surface area contributed by atoms with Gasteiger partial charge in [-0.1, -0.05) is 6.07 Å². The van der Waals surface area contributed by atoms with E-state index in [9.17, 15) is 9.90 Å². The lowest BCUT2D eigenvalue weighted by Crippen LogP contribution is -2.06. The van der Waals surface area contributed by atoms with Gasteiger partial charge in [0.25, 0.3) is 0 Å². The maximum atomic E-state index is 11.2. The van der Waals surface area contributed by atoms with E-state index in [2.05, 4.69) is 4.98 Å². The minimum atomic E-state index is -1.01. The summed E-state index contributed by atoms with van der Waals surface area (Å²) in [6.45, 7) is 4.03. The molecule has 0 aliphatic rings. The van der Waals surface area contributed by atoms with Gasteiger partial charge in [0, 0.05) is 31.4 Å². The fourth-order valence-electron chi connectivity index (χ4n) is 3.38. The van der Waals surface area contributed by atoms with Gasteiger partial charge in [0.1, 0.15) is 35.2 Å². The zero-order chi connectivity index (χ0) is 24.2. The maximum absolute atomic E-state index is 11.2. The van der Waals surface area contributed by atoms with Crippen molar-refractivity contribution in [2.75, 3.05) is 7.11 Å². The Kier molecular flexibility index (Phi) is 6.53. The van der Waals surface area contributed by atoms with Gasteiger partial charge in [0.2, 0.25) is 5.88 Å². The molecule has 0 amide bonds. The second-order valence-corrected chi connectivity index (χ2v) is 7.80. The lowest BCUT2D eigenvalue weighted by Gasteiger charge is -2.13. The average molecular weight is 463 g/mol. The summed E-state index contributed by atoms with van der Waals surface area (Å²) >= 11 is 0. The third kappa shape index (κ3) is 5.03. The largest absolute Gasteiger partial charge is 0.489 e. The second-order valence-electron chi connectivity index (χ2n) is 7.80. The second kappa shape index (κ2) is 9.70. The molecule has 2 aromatic heterocycles. The van der Waals surface area contributed by atoms with Gasteiger partial charge in [0.05, 0.1) is 24.3 Å². The van der Waals surface area contributed by atoms with Gasteiger partial charge in [0.15, 0.2) is 5.75 Å². The Morgan fingerprint density at radius 1 is 1.09 bits per heavy atom.